The number of nitrogens with zero attached hydrogens (tertiary/aromatic N) is 1. The lowest BCUT2D eigenvalue weighted by molar-refractivity contribution is 0.102. The molecule has 0 radical (unpaired) electrons. The summed E-state index contributed by atoms with van der Waals surface area (Å²) in [6.07, 6.45) is 0. The second kappa shape index (κ2) is 9.49. The number of methoxy groups -OCH3 is 2. The Kier molecular flexibility index (Phi) is 6.32. The van der Waals surface area contributed by atoms with Gasteiger partial charge in [-0.15, -0.1) is 11.3 Å². The average Bonchev–Trinajstić information content (AvgIpc) is 3.27. The van der Waals surface area contributed by atoms with E-state index in [0.717, 1.165) is 11.3 Å². The molecule has 2 N–H and O–H groups in total. The van der Waals surface area contributed by atoms with Gasteiger partial charge in [-0.1, -0.05) is 18.2 Å². The van der Waals surface area contributed by atoms with Crippen LogP contribution in [-0.4, -0.2) is 25.1 Å². The van der Waals surface area contributed by atoms with Gasteiger partial charge in [-0.2, -0.15) is 0 Å². The highest BCUT2D eigenvalue weighted by Crippen LogP contribution is 2.28. The molecule has 0 fully saturated rings. The van der Waals surface area contributed by atoms with E-state index in [-0.39, 0.29) is 11.7 Å². The molecule has 1 aromatic heterocycles. The minimum absolute atomic E-state index is 0.273. The van der Waals surface area contributed by atoms with Crippen LogP contribution < -0.4 is 20.1 Å². The van der Waals surface area contributed by atoms with E-state index < -0.39 is 0 Å². The van der Waals surface area contributed by atoms with Crippen molar-refractivity contribution in [3.63, 3.8) is 0 Å². The van der Waals surface area contributed by atoms with E-state index in [1.807, 2.05) is 29.6 Å². The highest BCUT2D eigenvalue weighted by molar-refractivity contribution is 7.14. The second-order valence-electron chi connectivity index (χ2n) is 6.81. The number of benzene rings is 3. The molecule has 162 valence electrons. The largest absolute Gasteiger partial charge is 0.497 e. The van der Waals surface area contributed by atoms with Crippen LogP contribution >= 0.6 is 11.3 Å². The average molecular weight is 450 g/mol. The summed E-state index contributed by atoms with van der Waals surface area (Å²) in [6.45, 7) is 0. The molecule has 4 rings (SSSR count). The molecule has 0 aliphatic rings. The lowest BCUT2D eigenvalue weighted by atomic mass is 10.1. The third-order valence-electron chi connectivity index (χ3n) is 4.63. The zero-order chi connectivity index (χ0) is 22.5. The van der Waals surface area contributed by atoms with Gasteiger partial charge in [-0.05, 0) is 42.5 Å². The summed E-state index contributed by atoms with van der Waals surface area (Å²) in [5, 5.41) is 8.54. The highest BCUT2D eigenvalue weighted by Gasteiger charge is 2.11. The normalized spacial score (nSPS) is 10.5. The molecular formula is C24H20FN3O3S. The number of thiazole rings is 1. The summed E-state index contributed by atoms with van der Waals surface area (Å²) in [5.74, 6) is 0.495. The lowest BCUT2D eigenvalue weighted by Crippen LogP contribution is -2.12. The second-order valence-corrected chi connectivity index (χ2v) is 7.66. The molecule has 0 unspecified atom stereocenters. The zero-order valence-corrected chi connectivity index (χ0v) is 18.2. The van der Waals surface area contributed by atoms with E-state index in [0.29, 0.717) is 33.6 Å². The summed E-state index contributed by atoms with van der Waals surface area (Å²) in [5.41, 5.74) is 3.39. The van der Waals surface area contributed by atoms with E-state index in [1.165, 1.54) is 37.7 Å². The first-order chi connectivity index (χ1) is 15.5. The SMILES string of the molecule is COc1cc(OC)cc(C(=O)Nc2ccc(-c3csc(Nc4cccc(F)c4)n3)cc2)c1. The number of carbonyl (C=O) groups is 1. The first kappa shape index (κ1) is 21.3. The molecule has 3 aromatic carbocycles. The van der Waals surface area contributed by atoms with Crippen LogP contribution in [0.2, 0.25) is 0 Å². The Morgan fingerprint density at radius 3 is 2.31 bits per heavy atom. The molecule has 1 amide bonds. The predicted molar refractivity (Wildman–Crippen MR) is 125 cm³/mol. The van der Waals surface area contributed by atoms with Crippen LogP contribution in [-0.2, 0) is 0 Å². The Bertz CT molecular complexity index is 1220. The molecule has 4 aromatic rings. The molecule has 0 aliphatic carbocycles. The minimum Gasteiger partial charge on any atom is -0.497 e. The molecule has 0 saturated carbocycles. The third kappa shape index (κ3) is 5.04. The first-order valence-electron chi connectivity index (χ1n) is 9.67. The molecule has 0 aliphatic heterocycles. The van der Waals surface area contributed by atoms with Crippen molar-refractivity contribution >= 4 is 33.8 Å². The molecular weight excluding hydrogens is 429 g/mol. The molecule has 32 heavy (non-hydrogen) atoms. The molecule has 0 atom stereocenters. The van der Waals surface area contributed by atoms with Crippen molar-refractivity contribution in [2.24, 2.45) is 0 Å². The number of rotatable bonds is 7. The van der Waals surface area contributed by atoms with Crippen molar-refractivity contribution in [3.05, 3.63) is 83.5 Å². The fourth-order valence-corrected chi connectivity index (χ4v) is 3.76. The van der Waals surface area contributed by atoms with Crippen LogP contribution in [0.3, 0.4) is 0 Å². The molecule has 0 spiro atoms. The van der Waals surface area contributed by atoms with Crippen LogP contribution in [0.25, 0.3) is 11.3 Å². The number of amides is 1. The van der Waals surface area contributed by atoms with Gasteiger partial charge in [0.05, 0.1) is 19.9 Å². The van der Waals surface area contributed by atoms with Gasteiger partial charge in [0.2, 0.25) is 0 Å². The van der Waals surface area contributed by atoms with Gasteiger partial charge in [-0.3, -0.25) is 4.79 Å². The Hall–Kier alpha value is -3.91. The number of nitrogens with one attached hydrogen (secondary N) is 2. The van der Waals surface area contributed by atoms with Crippen molar-refractivity contribution < 1.29 is 18.7 Å². The summed E-state index contributed by atoms with van der Waals surface area (Å²) in [6, 6.07) is 18.6. The molecule has 0 bridgehead atoms. The van der Waals surface area contributed by atoms with E-state index >= 15 is 0 Å². The fourth-order valence-electron chi connectivity index (χ4n) is 3.02. The van der Waals surface area contributed by atoms with E-state index in [2.05, 4.69) is 15.6 Å². The number of carbonyl (C=O) groups excluding carboxylic acids is 1. The maximum Gasteiger partial charge on any atom is 0.255 e. The number of anilines is 3. The van der Waals surface area contributed by atoms with Gasteiger partial charge in [0.1, 0.15) is 17.3 Å². The van der Waals surface area contributed by atoms with Crippen molar-refractivity contribution in [3.8, 4) is 22.8 Å². The standard InChI is InChI=1S/C24H20FN3O3S/c1-30-20-10-16(11-21(13-20)31-2)23(29)26-18-8-6-15(7-9-18)22-14-32-24(28-22)27-19-5-3-4-17(25)12-19/h3-14H,1-2H3,(H,26,29)(H,27,28). The molecule has 1 heterocycles. The van der Waals surface area contributed by atoms with Crippen molar-refractivity contribution in [1.29, 1.82) is 0 Å². The number of hydrogen-bond acceptors (Lipinski definition) is 6. The topological polar surface area (TPSA) is 72.5 Å². The van der Waals surface area contributed by atoms with Crippen LogP contribution in [0.5, 0.6) is 11.5 Å². The quantitative estimate of drug-likeness (QED) is 0.364. The number of halogens is 1. The molecule has 0 saturated heterocycles. The monoisotopic (exact) mass is 449 g/mol. The fraction of sp³-hybridized carbons (Fsp3) is 0.0833. The Morgan fingerprint density at radius 1 is 0.938 bits per heavy atom. The van der Waals surface area contributed by atoms with Crippen molar-refractivity contribution in [1.82, 2.24) is 4.98 Å². The lowest BCUT2D eigenvalue weighted by Gasteiger charge is -2.09. The first-order valence-corrected chi connectivity index (χ1v) is 10.5. The Labute approximate surface area is 188 Å². The van der Waals surface area contributed by atoms with Crippen LogP contribution in [0.15, 0.2) is 72.1 Å². The molecule has 8 heteroatoms. The maximum absolute atomic E-state index is 13.4. The van der Waals surface area contributed by atoms with Crippen molar-refractivity contribution in [2.75, 3.05) is 24.9 Å². The van der Waals surface area contributed by atoms with Crippen LogP contribution in [0.4, 0.5) is 20.9 Å². The zero-order valence-electron chi connectivity index (χ0n) is 17.4. The van der Waals surface area contributed by atoms with Gasteiger partial charge in [0, 0.05) is 33.9 Å². The molecule has 6 nitrogen and oxygen atoms in total. The van der Waals surface area contributed by atoms with Gasteiger partial charge < -0.3 is 20.1 Å². The smallest absolute Gasteiger partial charge is 0.255 e. The Balaban J connectivity index is 1.44. The predicted octanol–water partition coefficient (Wildman–Crippen LogP) is 5.96. The van der Waals surface area contributed by atoms with Crippen LogP contribution in [0, 0.1) is 5.82 Å². The minimum atomic E-state index is -0.309. The van der Waals surface area contributed by atoms with Crippen LogP contribution in [0.1, 0.15) is 10.4 Å². The van der Waals surface area contributed by atoms with E-state index in [1.54, 1.807) is 30.3 Å². The number of aromatic nitrogens is 1. The van der Waals surface area contributed by atoms with E-state index in [9.17, 15) is 9.18 Å². The maximum atomic E-state index is 13.4. The number of hydrogen-bond donors (Lipinski definition) is 2. The summed E-state index contributed by atoms with van der Waals surface area (Å²) >= 11 is 1.43. The van der Waals surface area contributed by atoms with Gasteiger partial charge in [-0.25, -0.2) is 9.37 Å². The van der Waals surface area contributed by atoms with Crippen molar-refractivity contribution in [2.45, 2.75) is 0 Å². The summed E-state index contributed by atoms with van der Waals surface area (Å²) in [7, 11) is 3.07. The van der Waals surface area contributed by atoms with Gasteiger partial charge in [0.25, 0.3) is 5.91 Å². The van der Waals surface area contributed by atoms with Gasteiger partial charge in [0.15, 0.2) is 5.13 Å². The highest BCUT2D eigenvalue weighted by atomic mass is 32.1. The Morgan fingerprint density at radius 2 is 1.66 bits per heavy atom. The summed E-state index contributed by atoms with van der Waals surface area (Å²) in [4.78, 5) is 17.2. The van der Waals surface area contributed by atoms with Gasteiger partial charge >= 0.3 is 0 Å². The number of ether oxygens (including phenoxy) is 2. The third-order valence-corrected chi connectivity index (χ3v) is 5.39. The van der Waals surface area contributed by atoms with E-state index in [4.69, 9.17) is 9.47 Å². The summed E-state index contributed by atoms with van der Waals surface area (Å²) < 4.78 is 23.8.